The third-order valence-electron chi connectivity index (χ3n) is 0.805. The van der Waals surface area contributed by atoms with Crippen molar-refractivity contribution in [3.8, 4) is 0 Å². The van der Waals surface area contributed by atoms with Crippen molar-refractivity contribution in [3.05, 3.63) is 6.17 Å². The molecule has 0 aliphatic carbocycles. The smallest absolute Gasteiger partial charge is 0.249 e. The summed E-state index contributed by atoms with van der Waals surface area (Å²) in [4.78, 5) is 0. The van der Waals surface area contributed by atoms with Crippen molar-refractivity contribution >= 4 is 24.6 Å². The van der Waals surface area contributed by atoms with Crippen LogP contribution in [0.1, 0.15) is 13.8 Å². The Kier molecular flexibility index (Phi) is 14.6. The Morgan fingerprint density at radius 3 is 1.69 bits per heavy atom. The van der Waals surface area contributed by atoms with Crippen molar-refractivity contribution in [2.24, 2.45) is 0 Å². The van der Waals surface area contributed by atoms with E-state index in [-0.39, 0.29) is 49.7 Å². The summed E-state index contributed by atoms with van der Waals surface area (Å²) in [5.41, 5.74) is 0. The van der Waals surface area contributed by atoms with Crippen molar-refractivity contribution in [1.29, 1.82) is 0 Å². The molecule has 3 nitrogen and oxygen atoms in total. The average Bonchev–Trinajstić information content (AvgIpc) is 1.88. The van der Waals surface area contributed by atoms with Gasteiger partial charge in [-0.3, -0.25) is 4.57 Å². The van der Waals surface area contributed by atoms with Crippen molar-refractivity contribution in [1.82, 2.24) is 0 Å². The first kappa shape index (κ1) is 19.7. The molecule has 0 bridgehead atoms. The molecule has 0 atom stereocenters. The van der Waals surface area contributed by atoms with E-state index in [0.29, 0.717) is 0 Å². The minimum atomic E-state index is -4.21. The van der Waals surface area contributed by atoms with Gasteiger partial charge in [-0.2, -0.15) is 0 Å². The molecule has 0 spiro atoms. The van der Waals surface area contributed by atoms with Crippen LogP contribution in [-0.2, 0) is 33.1 Å². The third kappa shape index (κ3) is 7.09. The molecule has 0 saturated heterocycles. The second-order valence-electron chi connectivity index (χ2n) is 1.57. The summed E-state index contributed by atoms with van der Waals surface area (Å²) in [7, 11) is -4.21. The van der Waals surface area contributed by atoms with Gasteiger partial charge in [-0.25, -0.2) is 0 Å². The van der Waals surface area contributed by atoms with Crippen molar-refractivity contribution in [2.45, 2.75) is 13.8 Å². The number of rotatable bonds is 5. The van der Waals surface area contributed by atoms with Gasteiger partial charge in [0.2, 0.25) is 7.60 Å². The van der Waals surface area contributed by atoms with Crippen LogP contribution < -0.4 is 0 Å². The molecule has 0 fully saturated rings. The molecule has 8 heteroatoms. The largest absolute Gasteiger partial charge is 0.408 e. The molecule has 0 aromatic carbocycles. The van der Waals surface area contributed by atoms with Crippen LogP contribution >= 0.6 is 24.6 Å². The molecule has 0 aromatic heterocycles. The first-order chi connectivity index (χ1) is 5.06. The van der Waals surface area contributed by atoms with E-state index < -0.39 is 13.8 Å². The zero-order valence-corrected chi connectivity index (χ0v) is 13.0. The fourth-order valence-electron chi connectivity index (χ4n) is 0.475. The third-order valence-corrected chi connectivity index (χ3v) is 2.42. The van der Waals surface area contributed by atoms with Crippen LogP contribution in [0.3, 0.4) is 0 Å². The minimum Gasteiger partial charge on any atom is -0.408 e. The summed E-state index contributed by atoms with van der Waals surface area (Å²) in [5, 5.41) is 0. The van der Waals surface area contributed by atoms with Crippen molar-refractivity contribution in [2.75, 3.05) is 13.2 Å². The van der Waals surface area contributed by atoms with Gasteiger partial charge in [0, 0.05) is 19.5 Å². The summed E-state index contributed by atoms with van der Waals surface area (Å²) in [6.45, 7) is 2.81. The molecular formula is C5H11BrF2O3PZn-. The second kappa shape index (κ2) is 9.66. The van der Waals surface area contributed by atoms with Gasteiger partial charge < -0.3 is 17.8 Å². The van der Waals surface area contributed by atoms with Gasteiger partial charge in [0.05, 0.1) is 13.2 Å². The molecule has 0 aliphatic rings. The maximum atomic E-state index is 11.9. The monoisotopic (exact) mass is 331 g/mol. The SMILES string of the molecule is Br.CCOP(=O)(OCC)[C-](F)F.[Zn]. The minimum absolute atomic E-state index is 0. The summed E-state index contributed by atoms with van der Waals surface area (Å²) in [6, 6.07) is 0. The van der Waals surface area contributed by atoms with Crippen LogP contribution in [-0.4, -0.2) is 13.2 Å². The van der Waals surface area contributed by atoms with E-state index in [1.165, 1.54) is 13.8 Å². The fraction of sp³-hybridized carbons (Fsp3) is 0.800. The van der Waals surface area contributed by atoms with Crippen LogP contribution in [0, 0.1) is 6.17 Å². The van der Waals surface area contributed by atoms with E-state index in [0.717, 1.165) is 0 Å². The van der Waals surface area contributed by atoms with Gasteiger partial charge in [-0.05, 0) is 13.8 Å². The molecular weight excluding hydrogens is 322 g/mol. The Labute approximate surface area is 99.6 Å². The maximum absolute atomic E-state index is 11.9. The van der Waals surface area contributed by atoms with E-state index in [1.54, 1.807) is 0 Å². The standard InChI is InChI=1S/C5H10F2O3P.BrH.Zn/c1-3-9-11(8,5(6)7)10-4-2;;/h3-4H2,1-2H3;1H;/q-1;;. The molecule has 0 radical (unpaired) electrons. The summed E-state index contributed by atoms with van der Waals surface area (Å²) in [6.07, 6.45) is -2.29. The van der Waals surface area contributed by atoms with Gasteiger partial charge >= 0.3 is 0 Å². The molecule has 13 heavy (non-hydrogen) atoms. The van der Waals surface area contributed by atoms with Crippen molar-refractivity contribution < 1.29 is 41.9 Å². The van der Waals surface area contributed by atoms with Crippen LogP contribution in [0.4, 0.5) is 8.78 Å². The Balaban J connectivity index is -0.000000500. The summed E-state index contributed by atoms with van der Waals surface area (Å²) in [5.74, 6) is 0. The van der Waals surface area contributed by atoms with Gasteiger partial charge in [-0.15, -0.1) is 17.0 Å². The maximum Gasteiger partial charge on any atom is 0.249 e. The molecule has 0 unspecified atom stereocenters. The predicted octanol–water partition coefficient (Wildman–Crippen LogP) is 3.21. The second-order valence-corrected chi connectivity index (χ2v) is 3.42. The quantitative estimate of drug-likeness (QED) is 0.440. The Morgan fingerprint density at radius 1 is 1.23 bits per heavy atom. The Hall–Kier alpha value is 1.11. The van der Waals surface area contributed by atoms with Gasteiger partial charge in [0.1, 0.15) is 6.17 Å². The first-order valence-electron chi connectivity index (χ1n) is 3.14. The van der Waals surface area contributed by atoms with Crippen LogP contribution in [0.25, 0.3) is 0 Å². The van der Waals surface area contributed by atoms with E-state index in [9.17, 15) is 13.3 Å². The molecule has 0 N–H and O–H groups in total. The number of hydrogen-bond donors (Lipinski definition) is 0. The molecule has 0 amide bonds. The number of hydrogen-bond acceptors (Lipinski definition) is 3. The molecule has 78 valence electrons. The van der Waals surface area contributed by atoms with Crippen LogP contribution in [0.5, 0.6) is 0 Å². The van der Waals surface area contributed by atoms with E-state index in [1.807, 2.05) is 0 Å². The Bertz CT molecular complexity index is 151. The van der Waals surface area contributed by atoms with Gasteiger partial charge in [0.25, 0.3) is 0 Å². The van der Waals surface area contributed by atoms with Crippen LogP contribution in [0.2, 0.25) is 0 Å². The molecule has 0 heterocycles. The van der Waals surface area contributed by atoms with Gasteiger partial charge in [-0.1, -0.05) is 0 Å². The number of halogens is 3. The van der Waals surface area contributed by atoms with Crippen molar-refractivity contribution in [3.63, 3.8) is 0 Å². The first-order valence-corrected chi connectivity index (χ1v) is 4.68. The molecule has 0 saturated carbocycles. The van der Waals surface area contributed by atoms with E-state index >= 15 is 0 Å². The summed E-state index contributed by atoms with van der Waals surface area (Å²) < 4.78 is 43.2. The topological polar surface area (TPSA) is 35.5 Å². The normalized spacial score (nSPS) is 10.5. The molecule has 0 aromatic rings. The van der Waals surface area contributed by atoms with Gasteiger partial charge in [0.15, 0.2) is 0 Å². The predicted molar refractivity (Wildman–Crippen MR) is 46.6 cm³/mol. The van der Waals surface area contributed by atoms with E-state index in [4.69, 9.17) is 0 Å². The fourth-order valence-corrected chi connectivity index (χ4v) is 1.42. The Morgan fingerprint density at radius 2 is 1.54 bits per heavy atom. The zero-order chi connectivity index (χ0) is 8.91. The van der Waals surface area contributed by atoms with Crippen LogP contribution in [0.15, 0.2) is 0 Å². The molecule has 0 rings (SSSR count). The van der Waals surface area contributed by atoms with E-state index in [2.05, 4.69) is 9.05 Å². The molecule has 0 aliphatic heterocycles. The zero-order valence-electron chi connectivity index (χ0n) is 7.46. The summed E-state index contributed by atoms with van der Waals surface area (Å²) >= 11 is 0. The average molecular weight is 333 g/mol.